The predicted octanol–water partition coefficient (Wildman–Crippen LogP) is 5.49. The third-order valence-corrected chi connectivity index (χ3v) is 5.95. The molecule has 2 N–H and O–H groups in total. The molecule has 3 aromatic rings. The summed E-state index contributed by atoms with van der Waals surface area (Å²) in [5.41, 5.74) is 3.92. The summed E-state index contributed by atoms with van der Waals surface area (Å²) in [6.45, 7) is -0.121. The molecule has 1 amide bonds. The van der Waals surface area contributed by atoms with Gasteiger partial charge in [0.15, 0.2) is 0 Å². The van der Waals surface area contributed by atoms with Crippen molar-refractivity contribution in [1.82, 2.24) is 5.32 Å². The maximum atomic E-state index is 12.7. The molecule has 176 valence electrons. The average Bonchev–Trinajstić information content (AvgIpc) is 3.13. The average molecular weight is 469 g/mol. The minimum absolute atomic E-state index is 0.0306. The fraction of sp³-hybridized carbons (Fsp3) is 0.231. The van der Waals surface area contributed by atoms with E-state index in [0.717, 1.165) is 34.4 Å². The van der Waals surface area contributed by atoms with Crippen molar-refractivity contribution < 1.29 is 32.6 Å². The van der Waals surface area contributed by atoms with Crippen molar-refractivity contribution in [3.05, 3.63) is 95.1 Å². The molecule has 3 aromatic carbocycles. The van der Waals surface area contributed by atoms with Gasteiger partial charge < -0.3 is 15.2 Å². The van der Waals surface area contributed by atoms with Crippen molar-refractivity contribution in [2.45, 2.75) is 18.5 Å². The number of hydrogen-bond acceptors (Lipinski definition) is 3. The van der Waals surface area contributed by atoms with Gasteiger partial charge in [-0.25, -0.2) is 4.79 Å². The summed E-state index contributed by atoms with van der Waals surface area (Å²) < 4.78 is 43.5. The van der Waals surface area contributed by atoms with Crippen LogP contribution in [0.2, 0.25) is 0 Å². The first-order valence-corrected chi connectivity index (χ1v) is 10.7. The number of aliphatic carboxylic acids is 1. The molecule has 4 rings (SSSR count). The zero-order chi connectivity index (χ0) is 24.3. The molecule has 8 heteroatoms. The lowest BCUT2D eigenvalue weighted by molar-refractivity contribution is -0.141. The normalized spacial score (nSPS) is 13.6. The van der Waals surface area contributed by atoms with Gasteiger partial charge in [0.2, 0.25) is 0 Å². The number of carbonyl (C=O) groups is 2. The Bertz CT molecular complexity index is 1150. The SMILES string of the molecule is O=C(NC[C@H](Cc1ccc(C(F)(F)F)cc1)C(=O)O)OCC1c2ccccc2-c2ccccc21. The molecular weight excluding hydrogens is 447 g/mol. The van der Waals surface area contributed by atoms with Gasteiger partial charge in [0.25, 0.3) is 0 Å². The van der Waals surface area contributed by atoms with E-state index in [0.29, 0.717) is 5.56 Å². The number of halogens is 3. The van der Waals surface area contributed by atoms with E-state index in [1.807, 2.05) is 48.5 Å². The summed E-state index contributed by atoms with van der Waals surface area (Å²) in [6, 6.07) is 20.1. The van der Waals surface area contributed by atoms with Crippen molar-refractivity contribution in [2.24, 2.45) is 5.92 Å². The van der Waals surface area contributed by atoms with Crippen molar-refractivity contribution in [1.29, 1.82) is 0 Å². The van der Waals surface area contributed by atoms with Crippen molar-refractivity contribution in [2.75, 3.05) is 13.2 Å². The fourth-order valence-corrected chi connectivity index (χ4v) is 4.22. The summed E-state index contributed by atoms with van der Waals surface area (Å²) in [5.74, 6) is -2.31. The number of carboxylic acid groups (broad SMARTS) is 1. The molecule has 0 fully saturated rings. The van der Waals surface area contributed by atoms with Crippen LogP contribution in [0.5, 0.6) is 0 Å². The number of fused-ring (bicyclic) bond motifs is 3. The van der Waals surface area contributed by atoms with Crippen LogP contribution in [-0.4, -0.2) is 30.3 Å². The highest BCUT2D eigenvalue weighted by molar-refractivity contribution is 5.79. The highest BCUT2D eigenvalue weighted by atomic mass is 19.4. The van der Waals surface area contributed by atoms with E-state index in [2.05, 4.69) is 5.32 Å². The van der Waals surface area contributed by atoms with Gasteiger partial charge in [0, 0.05) is 12.5 Å². The molecule has 0 saturated heterocycles. The summed E-state index contributed by atoms with van der Waals surface area (Å²) >= 11 is 0. The molecule has 0 spiro atoms. The second-order valence-corrected chi connectivity index (χ2v) is 8.14. The van der Waals surface area contributed by atoms with Gasteiger partial charge >= 0.3 is 18.2 Å². The number of alkyl carbamates (subject to hydrolysis) is 1. The number of carbonyl (C=O) groups excluding carboxylic acids is 1. The molecule has 0 aliphatic heterocycles. The summed E-state index contributed by atoms with van der Waals surface area (Å²) in [5, 5.41) is 12.0. The number of ether oxygens (including phenoxy) is 1. The highest BCUT2D eigenvalue weighted by Gasteiger charge is 2.31. The standard InChI is InChI=1S/C26H22F3NO4/c27-26(28,29)18-11-9-16(10-12-18)13-17(24(31)32)14-30-25(33)34-15-23-21-7-3-1-5-19(21)20-6-2-4-8-22(20)23/h1-12,17,23H,13-15H2,(H,30,33)(H,31,32)/t17-/m0/s1. The molecule has 0 aromatic heterocycles. The number of alkyl halides is 3. The number of amides is 1. The lowest BCUT2D eigenvalue weighted by Gasteiger charge is -2.17. The summed E-state index contributed by atoms with van der Waals surface area (Å²) in [7, 11) is 0. The van der Waals surface area contributed by atoms with E-state index < -0.39 is 29.7 Å². The van der Waals surface area contributed by atoms with Crippen LogP contribution in [0.4, 0.5) is 18.0 Å². The van der Waals surface area contributed by atoms with E-state index in [4.69, 9.17) is 4.74 Å². The van der Waals surface area contributed by atoms with Gasteiger partial charge in [-0.15, -0.1) is 0 Å². The summed E-state index contributed by atoms with van der Waals surface area (Å²) in [4.78, 5) is 23.9. The van der Waals surface area contributed by atoms with Crippen molar-refractivity contribution in [3.63, 3.8) is 0 Å². The zero-order valence-electron chi connectivity index (χ0n) is 18.0. The topological polar surface area (TPSA) is 75.6 Å². The van der Waals surface area contributed by atoms with Crippen LogP contribution in [0.15, 0.2) is 72.8 Å². The number of benzene rings is 3. The van der Waals surface area contributed by atoms with E-state index in [1.165, 1.54) is 12.1 Å². The molecule has 1 aliphatic carbocycles. The van der Waals surface area contributed by atoms with Gasteiger partial charge in [-0.2, -0.15) is 13.2 Å². The Hall–Kier alpha value is -3.81. The van der Waals surface area contributed by atoms with Crippen LogP contribution < -0.4 is 5.32 Å². The molecule has 0 heterocycles. The maximum absolute atomic E-state index is 12.7. The third kappa shape index (κ3) is 5.06. The fourth-order valence-electron chi connectivity index (χ4n) is 4.22. The molecule has 1 aliphatic rings. The first kappa shape index (κ1) is 23.4. The molecule has 0 unspecified atom stereocenters. The Balaban J connectivity index is 1.34. The van der Waals surface area contributed by atoms with Crippen LogP contribution in [0.3, 0.4) is 0 Å². The van der Waals surface area contributed by atoms with E-state index in [9.17, 15) is 27.9 Å². The Kier molecular flexibility index (Phi) is 6.58. The Morgan fingerprint density at radius 1 is 0.912 bits per heavy atom. The molecule has 0 bridgehead atoms. The first-order valence-electron chi connectivity index (χ1n) is 10.7. The van der Waals surface area contributed by atoms with Crippen LogP contribution >= 0.6 is 0 Å². The van der Waals surface area contributed by atoms with Gasteiger partial charge in [-0.1, -0.05) is 60.7 Å². The number of carboxylic acids is 1. The van der Waals surface area contributed by atoms with E-state index >= 15 is 0 Å². The smallest absolute Gasteiger partial charge is 0.416 e. The third-order valence-electron chi connectivity index (χ3n) is 5.95. The van der Waals surface area contributed by atoms with Crippen LogP contribution in [-0.2, 0) is 22.1 Å². The van der Waals surface area contributed by atoms with E-state index in [1.54, 1.807) is 0 Å². The zero-order valence-corrected chi connectivity index (χ0v) is 18.0. The van der Waals surface area contributed by atoms with Gasteiger partial charge in [0.1, 0.15) is 6.61 Å². The molecule has 0 radical (unpaired) electrons. The number of hydrogen-bond donors (Lipinski definition) is 2. The Morgan fingerprint density at radius 3 is 2.00 bits per heavy atom. The number of nitrogens with one attached hydrogen (secondary N) is 1. The minimum atomic E-state index is -4.46. The van der Waals surface area contributed by atoms with Gasteiger partial charge in [-0.3, -0.25) is 4.79 Å². The lowest BCUT2D eigenvalue weighted by Crippen LogP contribution is -2.35. The van der Waals surface area contributed by atoms with Gasteiger partial charge in [-0.05, 0) is 46.4 Å². The first-order chi connectivity index (χ1) is 16.2. The van der Waals surface area contributed by atoms with Crippen LogP contribution in [0.25, 0.3) is 11.1 Å². The van der Waals surface area contributed by atoms with Crippen LogP contribution in [0.1, 0.15) is 28.2 Å². The second kappa shape index (κ2) is 9.59. The van der Waals surface area contributed by atoms with Gasteiger partial charge in [0.05, 0.1) is 11.5 Å². The van der Waals surface area contributed by atoms with Crippen molar-refractivity contribution >= 4 is 12.1 Å². The molecule has 34 heavy (non-hydrogen) atoms. The molecule has 1 atom stereocenters. The lowest BCUT2D eigenvalue weighted by atomic mass is 9.98. The molecule has 5 nitrogen and oxygen atoms in total. The predicted molar refractivity (Wildman–Crippen MR) is 119 cm³/mol. The Labute approximate surface area is 194 Å². The van der Waals surface area contributed by atoms with E-state index in [-0.39, 0.29) is 25.5 Å². The largest absolute Gasteiger partial charge is 0.481 e. The monoisotopic (exact) mass is 469 g/mol. The summed E-state index contributed by atoms with van der Waals surface area (Å²) in [6.07, 6.45) is -5.24. The molecule has 0 saturated carbocycles. The van der Waals surface area contributed by atoms with Crippen molar-refractivity contribution in [3.8, 4) is 11.1 Å². The Morgan fingerprint density at radius 2 is 1.47 bits per heavy atom. The molecular formula is C26H22F3NO4. The van der Waals surface area contributed by atoms with Crippen LogP contribution in [0, 0.1) is 5.92 Å². The number of rotatable bonds is 7. The minimum Gasteiger partial charge on any atom is -0.481 e. The second-order valence-electron chi connectivity index (χ2n) is 8.14. The quantitative estimate of drug-likeness (QED) is 0.480. The maximum Gasteiger partial charge on any atom is 0.416 e. The highest BCUT2D eigenvalue weighted by Crippen LogP contribution is 2.44.